The molecule has 1 unspecified atom stereocenters. The minimum absolute atomic E-state index is 0.0736. The summed E-state index contributed by atoms with van der Waals surface area (Å²) < 4.78 is 69.2. The number of ether oxygens (including phenoxy) is 1. The number of pyridine rings is 1. The summed E-state index contributed by atoms with van der Waals surface area (Å²) in [5.74, 6) is -2.43. The zero-order valence-electron chi connectivity index (χ0n) is 18.1. The molecule has 35 heavy (non-hydrogen) atoms. The summed E-state index contributed by atoms with van der Waals surface area (Å²) in [5.41, 5.74) is 0.544. The van der Waals surface area contributed by atoms with Crippen LogP contribution in [0.15, 0.2) is 30.5 Å². The number of carbonyl (C=O) groups is 2. The molecule has 2 heterocycles. The number of thiazole rings is 1. The quantitative estimate of drug-likeness (QED) is 0.409. The lowest BCUT2D eigenvalue weighted by atomic mass is 10.1. The third-order valence-electron chi connectivity index (χ3n) is 5.02. The molecule has 0 radical (unpaired) electrons. The minimum atomic E-state index is -4.02. The van der Waals surface area contributed by atoms with E-state index in [1.54, 1.807) is 0 Å². The van der Waals surface area contributed by atoms with Crippen LogP contribution in [0.3, 0.4) is 0 Å². The first kappa shape index (κ1) is 24.9. The lowest BCUT2D eigenvalue weighted by Crippen LogP contribution is -2.41. The van der Waals surface area contributed by atoms with Gasteiger partial charge in [0, 0.05) is 35.7 Å². The molecule has 1 fully saturated rings. The van der Waals surface area contributed by atoms with E-state index in [0.717, 1.165) is 42.7 Å². The van der Waals surface area contributed by atoms with Gasteiger partial charge in [-0.2, -0.15) is 13.2 Å². The van der Waals surface area contributed by atoms with Crippen LogP contribution >= 0.6 is 11.3 Å². The third-order valence-corrected chi connectivity index (χ3v) is 7.54. The van der Waals surface area contributed by atoms with Gasteiger partial charge < -0.3 is 15.4 Å². The number of nitrogens with one attached hydrogen (secondary N) is 2. The van der Waals surface area contributed by atoms with Crippen molar-refractivity contribution in [2.24, 2.45) is 0 Å². The number of carbonyl (C=O) groups excluding carboxylic acids is 2. The first-order valence-electron chi connectivity index (χ1n) is 10.3. The minimum Gasteiger partial charge on any atom is -0.434 e. The van der Waals surface area contributed by atoms with Gasteiger partial charge in [-0.1, -0.05) is 0 Å². The van der Waals surface area contributed by atoms with Crippen molar-refractivity contribution >= 4 is 43.2 Å². The number of rotatable bonds is 9. The van der Waals surface area contributed by atoms with E-state index >= 15 is 0 Å². The van der Waals surface area contributed by atoms with Gasteiger partial charge in [0.2, 0.25) is 17.8 Å². The van der Waals surface area contributed by atoms with Gasteiger partial charge in [-0.15, -0.1) is 11.3 Å². The predicted octanol–water partition coefficient (Wildman–Crippen LogP) is 2.58. The number of hydrogen-bond donors (Lipinski definition) is 2. The molecule has 2 aromatic heterocycles. The zero-order valence-corrected chi connectivity index (χ0v) is 19.8. The predicted molar refractivity (Wildman–Crippen MR) is 121 cm³/mol. The highest BCUT2D eigenvalue weighted by molar-refractivity contribution is 7.91. The summed E-state index contributed by atoms with van der Waals surface area (Å²) in [5, 5.41) is 3.16. The van der Waals surface area contributed by atoms with Crippen molar-refractivity contribution in [2.75, 3.05) is 12.8 Å². The summed E-state index contributed by atoms with van der Waals surface area (Å²) in [7, 11) is -4.02. The monoisotopic (exact) mass is 528 g/mol. The topological polar surface area (TPSA) is 127 Å². The van der Waals surface area contributed by atoms with Crippen LogP contribution in [0.4, 0.5) is 13.2 Å². The summed E-state index contributed by atoms with van der Waals surface area (Å²) in [4.78, 5) is 32.3. The Labute approximate surface area is 201 Å². The van der Waals surface area contributed by atoms with E-state index in [1.165, 1.54) is 18.2 Å². The van der Waals surface area contributed by atoms with Gasteiger partial charge >= 0.3 is 6.61 Å². The van der Waals surface area contributed by atoms with E-state index in [2.05, 4.69) is 25.3 Å². The van der Waals surface area contributed by atoms with Gasteiger partial charge in [0.1, 0.15) is 10.8 Å². The molecule has 0 spiro atoms. The van der Waals surface area contributed by atoms with Crippen molar-refractivity contribution < 1.29 is 35.9 Å². The molecule has 14 heteroatoms. The van der Waals surface area contributed by atoms with E-state index in [1.807, 2.05) is 0 Å². The Morgan fingerprint density at radius 3 is 2.60 bits per heavy atom. The van der Waals surface area contributed by atoms with Crippen LogP contribution < -0.4 is 15.4 Å². The molecule has 1 atom stereocenters. The molecule has 2 N–H and O–H groups in total. The largest absolute Gasteiger partial charge is 0.434 e. The molecular weight excluding hydrogens is 509 g/mol. The van der Waals surface area contributed by atoms with Crippen molar-refractivity contribution in [3.05, 3.63) is 41.4 Å². The lowest BCUT2D eigenvalue weighted by molar-refractivity contribution is -0.126. The lowest BCUT2D eigenvalue weighted by Gasteiger charge is -2.12. The van der Waals surface area contributed by atoms with Crippen LogP contribution in [0, 0.1) is 5.95 Å². The highest BCUT2D eigenvalue weighted by atomic mass is 32.2. The molecule has 0 saturated heterocycles. The van der Waals surface area contributed by atoms with Gasteiger partial charge in [0.05, 0.1) is 16.8 Å². The Morgan fingerprint density at radius 1 is 1.26 bits per heavy atom. The van der Waals surface area contributed by atoms with Crippen molar-refractivity contribution in [2.45, 2.75) is 30.7 Å². The molecule has 186 valence electrons. The molecule has 1 saturated carbocycles. The van der Waals surface area contributed by atoms with E-state index in [0.29, 0.717) is 4.70 Å². The Hall–Kier alpha value is -3.26. The molecule has 1 aliphatic rings. The van der Waals surface area contributed by atoms with Crippen molar-refractivity contribution in [3.8, 4) is 16.9 Å². The fourth-order valence-corrected chi connectivity index (χ4v) is 5.82. The van der Waals surface area contributed by atoms with Crippen LogP contribution in [0.1, 0.15) is 23.1 Å². The summed E-state index contributed by atoms with van der Waals surface area (Å²) in [6.07, 6.45) is 3.69. The number of benzene rings is 1. The molecule has 3 aromatic rings. The van der Waals surface area contributed by atoms with Crippen LogP contribution in [0.2, 0.25) is 0 Å². The molecule has 2 amide bonds. The molecular formula is C21H19F3N4O5S2. The second-order valence-electron chi connectivity index (χ2n) is 7.89. The van der Waals surface area contributed by atoms with E-state index in [4.69, 9.17) is 0 Å². The highest BCUT2D eigenvalue weighted by Gasteiger charge is 2.34. The number of fused-ring (bicyclic) bond motifs is 1. The Bertz CT molecular complexity index is 1380. The third kappa shape index (κ3) is 6.06. The molecule has 0 aliphatic heterocycles. The second-order valence-corrected chi connectivity index (χ2v) is 11.1. The maximum atomic E-state index is 13.2. The van der Waals surface area contributed by atoms with E-state index < -0.39 is 46.0 Å². The van der Waals surface area contributed by atoms with Crippen molar-refractivity contribution in [1.82, 2.24) is 20.6 Å². The zero-order chi connectivity index (χ0) is 25.3. The fourth-order valence-electron chi connectivity index (χ4n) is 3.30. The van der Waals surface area contributed by atoms with Crippen LogP contribution in [-0.4, -0.2) is 55.7 Å². The maximum Gasteiger partial charge on any atom is 0.387 e. The first-order chi connectivity index (χ1) is 16.5. The number of alkyl halides is 2. The number of nitrogens with zero attached hydrogens (tertiary/aromatic N) is 2. The average molecular weight is 529 g/mol. The van der Waals surface area contributed by atoms with Crippen molar-refractivity contribution in [1.29, 1.82) is 0 Å². The van der Waals surface area contributed by atoms with Gasteiger partial charge in [0.25, 0.3) is 0 Å². The van der Waals surface area contributed by atoms with Crippen LogP contribution in [-0.2, 0) is 19.4 Å². The Morgan fingerprint density at radius 2 is 2.00 bits per heavy atom. The number of halogens is 3. The normalized spacial score (nSPS) is 14.7. The Balaban J connectivity index is 1.69. The first-order valence-corrected chi connectivity index (χ1v) is 13.1. The SMILES string of the molecule is CS(=O)(=O)C(C(=O)NCC(=O)NC1CC1)c1nc2cc(OC(F)F)c(-c3ccc(F)nc3)cc2s1. The average Bonchev–Trinajstić information content (AvgIpc) is 3.48. The molecule has 4 rings (SSSR count). The Kier molecular flexibility index (Phi) is 6.94. The second kappa shape index (κ2) is 9.77. The standard InChI is InChI=1S/C21H19F3N4O5S2/c1-35(31,32)18(19(30)26-9-17(29)27-11-3-4-11)20-28-13-7-14(33-21(23)24)12(6-15(13)34-20)10-2-5-16(22)25-8-10/h2,5-8,11,18,21H,3-4,9H2,1H3,(H,26,30)(H,27,29). The summed E-state index contributed by atoms with van der Waals surface area (Å²) >= 11 is 0.866. The van der Waals surface area contributed by atoms with Crippen LogP contribution in [0.25, 0.3) is 21.3 Å². The highest BCUT2D eigenvalue weighted by Crippen LogP contribution is 2.39. The summed E-state index contributed by atoms with van der Waals surface area (Å²) in [6.45, 7) is -3.57. The van der Waals surface area contributed by atoms with Gasteiger partial charge in [0.15, 0.2) is 15.1 Å². The van der Waals surface area contributed by atoms with Gasteiger partial charge in [-0.25, -0.2) is 18.4 Å². The number of amides is 2. The number of sulfone groups is 1. The number of hydrogen-bond acceptors (Lipinski definition) is 8. The smallest absolute Gasteiger partial charge is 0.387 e. The van der Waals surface area contributed by atoms with Crippen molar-refractivity contribution in [3.63, 3.8) is 0 Å². The van der Waals surface area contributed by atoms with E-state index in [9.17, 15) is 31.2 Å². The molecule has 1 aliphatic carbocycles. The van der Waals surface area contributed by atoms with Gasteiger partial charge in [-0.3, -0.25) is 9.59 Å². The van der Waals surface area contributed by atoms with Gasteiger partial charge in [-0.05, 0) is 31.0 Å². The van der Waals surface area contributed by atoms with E-state index in [-0.39, 0.29) is 33.4 Å². The molecule has 0 bridgehead atoms. The molecule has 1 aromatic carbocycles. The molecule has 9 nitrogen and oxygen atoms in total. The number of aromatic nitrogens is 2. The summed E-state index contributed by atoms with van der Waals surface area (Å²) in [6, 6.07) is 5.05. The van der Waals surface area contributed by atoms with Crippen LogP contribution in [0.5, 0.6) is 5.75 Å². The fraction of sp³-hybridized carbons (Fsp3) is 0.333. The maximum absolute atomic E-state index is 13.2.